The van der Waals surface area contributed by atoms with E-state index in [4.69, 9.17) is 4.74 Å². The van der Waals surface area contributed by atoms with E-state index in [1.165, 1.54) is 0 Å². The standard InChI is InChI=1S/C11H14N4O2/c16-11-14-9-10(13-4-3-12-9)15(11)7-8-1-5-17-6-2-8/h3-4,8H,1-2,5-7H2,(H,12,14,16). The minimum Gasteiger partial charge on any atom is -0.381 e. The molecular weight excluding hydrogens is 220 g/mol. The molecule has 6 nitrogen and oxygen atoms in total. The van der Waals surface area contributed by atoms with E-state index in [0.29, 0.717) is 23.8 Å². The van der Waals surface area contributed by atoms with Crippen molar-refractivity contribution in [3.8, 4) is 0 Å². The zero-order valence-corrected chi connectivity index (χ0v) is 9.43. The van der Waals surface area contributed by atoms with Crippen LogP contribution in [0.4, 0.5) is 0 Å². The molecule has 17 heavy (non-hydrogen) atoms. The number of fused-ring (bicyclic) bond motifs is 1. The lowest BCUT2D eigenvalue weighted by atomic mass is 10.0. The third kappa shape index (κ3) is 1.95. The van der Waals surface area contributed by atoms with Gasteiger partial charge in [-0.05, 0) is 18.8 Å². The van der Waals surface area contributed by atoms with Crippen molar-refractivity contribution in [3.05, 3.63) is 22.9 Å². The van der Waals surface area contributed by atoms with Crippen molar-refractivity contribution in [1.82, 2.24) is 19.5 Å². The van der Waals surface area contributed by atoms with Gasteiger partial charge in [-0.1, -0.05) is 0 Å². The number of nitrogens with zero attached hydrogens (tertiary/aromatic N) is 3. The number of aromatic amines is 1. The van der Waals surface area contributed by atoms with Crippen LogP contribution in [0, 0.1) is 5.92 Å². The lowest BCUT2D eigenvalue weighted by Crippen LogP contribution is -2.26. The lowest BCUT2D eigenvalue weighted by molar-refractivity contribution is 0.0613. The highest BCUT2D eigenvalue weighted by atomic mass is 16.5. The maximum absolute atomic E-state index is 11.8. The Bertz CT molecular complexity index is 568. The fraction of sp³-hybridized carbons (Fsp3) is 0.545. The van der Waals surface area contributed by atoms with E-state index in [1.807, 2.05) is 0 Å². The fourth-order valence-corrected chi connectivity index (χ4v) is 2.24. The van der Waals surface area contributed by atoms with Crippen molar-refractivity contribution in [2.24, 2.45) is 5.92 Å². The Hall–Kier alpha value is -1.69. The van der Waals surface area contributed by atoms with Gasteiger partial charge >= 0.3 is 5.69 Å². The maximum Gasteiger partial charge on any atom is 0.328 e. The van der Waals surface area contributed by atoms with Crippen LogP contribution >= 0.6 is 0 Å². The minimum atomic E-state index is -0.127. The highest BCUT2D eigenvalue weighted by molar-refractivity contribution is 5.64. The van der Waals surface area contributed by atoms with Gasteiger partial charge in [0.2, 0.25) is 0 Å². The Morgan fingerprint density at radius 3 is 2.94 bits per heavy atom. The molecular formula is C11H14N4O2. The Balaban J connectivity index is 1.93. The molecule has 90 valence electrons. The fourth-order valence-electron chi connectivity index (χ4n) is 2.24. The summed E-state index contributed by atoms with van der Waals surface area (Å²) in [6.07, 6.45) is 5.19. The Kier molecular flexibility index (Phi) is 2.64. The second-order valence-corrected chi connectivity index (χ2v) is 4.33. The van der Waals surface area contributed by atoms with E-state index >= 15 is 0 Å². The molecule has 1 saturated heterocycles. The highest BCUT2D eigenvalue weighted by Crippen LogP contribution is 2.17. The van der Waals surface area contributed by atoms with Gasteiger partial charge < -0.3 is 4.74 Å². The second kappa shape index (κ2) is 4.29. The van der Waals surface area contributed by atoms with E-state index in [-0.39, 0.29) is 5.69 Å². The molecule has 2 aromatic heterocycles. The molecule has 0 aliphatic carbocycles. The van der Waals surface area contributed by atoms with Crippen molar-refractivity contribution >= 4 is 11.3 Å². The number of hydrogen-bond acceptors (Lipinski definition) is 4. The quantitative estimate of drug-likeness (QED) is 0.823. The number of hydrogen-bond donors (Lipinski definition) is 1. The molecule has 1 N–H and O–H groups in total. The van der Waals surface area contributed by atoms with Gasteiger partial charge in [-0.25, -0.2) is 14.8 Å². The third-order valence-corrected chi connectivity index (χ3v) is 3.19. The average Bonchev–Trinajstić information content (AvgIpc) is 2.68. The van der Waals surface area contributed by atoms with Gasteiger partial charge in [0.05, 0.1) is 0 Å². The van der Waals surface area contributed by atoms with Crippen LogP contribution in [0.3, 0.4) is 0 Å². The Morgan fingerprint density at radius 2 is 2.12 bits per heavy atom. The summed E-state index contributed by atoms with van der Waals surface area (Å²) in [5.41, 5.74) is 1.08. The van der Waals surface area contributed by atoms with E-state index in [1.54, 1.807) is 17.0 Å². The molecule has 1 aliphatic rings. The van der Waals surface area contributed by atoms with Gasteiger partial charge in [-0.15, -0.1) is 0 Å². The van der Waals surface area contributed by atoms with E-state index in [0.717, 1.165) is 26.1 Å². The molecule has 1 aliphatic heterocycles. The average molecular weight is 234 g/mol. The first-order chi connectivity index (χ1) is 8.34. The van der Waals surface area contributed by atoms with Crippen LogP contribution in [0.2, 0.25) is 0 Å². The number of imidazole rings is 1. The summed E-state index contributed by atoms with van der Waals surface area (Å²) in [4.78, 5) is 22.8. The first-order valence-corrected chi connectivity index (χ1v) is 5.82. The number of rotatable bonds is 2. The molecule has 0 spiro atoms. The number of nitrogens with one attached hydrogen (secondary N) is 1. The lowest BCUT2D eigenvalue weighted by Gasteiger charge is -2.21. The molecule has 6 heteroatoms. The summed E-state index contributed by atoms with van der Waals surface area (Å²) in [5, 5.41) is 0. The molecule has 0 aromatic carbocycles. The van der Waals surface area contributed by atoms with Crippen molar-refractivity contribution in [1.29, 1.82) is 0 Å². The van der Waals surface area contributed by atoms with Gasteiger partial charge in [-0.2, -0.15) is 0 Å². The summed E-state index contributed by atoms with van der Waals surface area (Å²) in [6.45, 7) is 2.27. The van der Waals surface area contributed by atoms with Crippen molar-refractivity contribution in [2.75, 3.05) is 13.2 Å². The summed E-state index contributed by atoms with van der Waals surface area (Å²) in [6, 6.07) is 0. The Morgan fingerprint density at radius 1 is 1.35 bits per heavy atom. The molecule has 1 fully saturated rings. The first kappa shape index (κ1) is 10.5. The van der Waals surface area contributed by atoms with Gasteiger partial charge in [0.15, 0.2) is 11.3 Å². The van der Waals surface area contributed by atoms with Crippen molar-refractivity contribution in [3.63, 3.8) is 0 Å². The number of aromatic nitrogens is 4. The zero-order valence-electron chi connectivity index (χ0n) is 9.43. The number of ether oxygens (including phenoxy) is 1. The summed E-state index contributed by atoms with van der Waals surface area (Å²) in [7, 11) is 0. The van der Waals surface area contributed by atoms with Crippen LogP contribution in [0.25, 0.3) is 11.3 Å². The van der Waals surface area contributed by atoms with Gasteiger partial charge in [-0.3, -0.25) is 9.55 Å². The molecule has 0 saturated carbocycles. The van der Waals surface area contributed by atoms with E-state index < -0.39 is 0 Å². The predicted molar refractivity (Wildman–Crippen MR) is 61.7 cm³/mol. The SMILES string of the molecule is O=c1[nH]c2nccnc2n1CC1CCOCC1. The second-order valence-electron chi connectivity index (χ2n) is 4.33. The van der Waals surface area contributed by atoms with Crippen LogP contribution in [0.15, 0.2) is 17.2 Å². The molecule has 3 rings (SSSR count). The predicted octanol–water partition coefficient (Wildman–Crippen LogP) is 0.546. The van der Waals surface area contributed by atoms with Crippen LogP contribution in [0.1, 0.15) is 12.8 Å². The van der Waals surface area contributed by atoms with Crippen LogP contribution in [0.5, 0.6) is 0 Å². The zero-order chi connectivity index (χ0) is 11.7. The summed E-state index contributed by atoms with van der Waals surface area (Å²) in [5.74, 6) is 0.488. The maximum atomic E-state index is 11.8. The topological polar surface area (TPSA) is 72.8 Å². The number of H-pyrrole nitrogens is 1. The molecule has 0 radical (unpaired) electrons. The van der Waals surface area contributed by atoms with Crippen molar-refractivity contribution in [2.45, 2.75) is 19.4 Å². The van der Waals surface area contributed by atoms with E-state index in [2.05, 4.69) is 15.0 Å². The van der Waals surface area contributed by atoms with Crippen LogP contribution in [-0.2, 0) is 11.3 Å². The largest absolute Gasteiger partial charge is 0.381 e. The smallest absolute Gasteiger partial charge is 0.328 e. The van der Waals surface area contributed by atoms with E-state index in [9.17, 15) is 4.79 Å². The molecule has 2 aromatic rings. The molecule has 0 amide bonds. The monoisotopic (exact) mass is 234 g/mol. The van der Waals surface area contributed by atoms with Gasteiger partial charge in [0, 0.05) is 32.2 Å². The summed E-state index contributed by atoms with van der Waals surface area (Å²) >= 11 is 0. The van der Waals surface area contributed by atoms with Gasteiger partial charge in [0.25, 0.3) is 0 Å². The molecule has 0 bridgehead atoms. The Labute approximate surface area is 97.7 Å². The molecule has 3 heterocycles. The summed E-state index contributed by atoms with van der Waals surface area (Å²) < 4.78 is 6.99. The van der Waals surface area contributed by atoms with Crippen LogP contribution in [-0.4, -0.2) is 32.7 Å². The normalized spacial score (nSPS) is 17.6. The van der Waals surface area contributed by atoms with Crippen LogP contribution < -0.4 is 5.69 Å². The minimum absolute atomic E-state index is 0.127. The van der Waals surface area contributed by atoms with Crippen molar-refractivity contribution < 1.29 is 4.74 Å². The van der Waals surface area contributed by atoms with Gasteiger partial charge in [0.1, 0.15) is 0 Å². The first-order valence-electron chi connectivity index (χ1n) is 5.82. The molecule has 0 atom stereocenters. The molecule has 0 unspecified atom stereocenters. The third-order valence-electron chi connectivity index (χ3n) is 3.19. The highest BCUT2D eigenvalue weighted by Gasteiger charge is 2.17.